The Morgan fingerprint density at radius 1 is 1.15 bits per heavy atom. The predicted octanol–water partition coefficient (Wildman–Crippen LogP) is 6.07. The van der Waals surface area contributed by atoms with Crippen LogP contribution in [0.15, 0.2) is 69.6 Å². The Labute approximate surface area is 202 Å². The Hall–Kier alpha value is -3.02. The van der Waals surface area contributed by atoms with E-state index in [0.29, 0.717) is 6.42 Å². The lowest BCUT2D eigenvalue weighted by Crippen LogP contribution is -2.46. The molecular formula is C28H35N5O. The smallest absolute Gasteiger partial charge is 0.162 e. The van der Waals surface area contributed by atoms with Crippen LogP contribution in [0.2, 0.25) is 0 Å². The zero-order valence-electron chi connectivity index (χ0n) is 21.4. The highest BCUT2D eigenvalue weighted by Crippen LogP contribution is 2.54. The molecule has 1 aromatic heterocycles. The summed E-state index contributed by atoms with van der Waals surface area (Å²) in [7, 11) is 1.93. The molecule has 2 aromatic rings. The second-order valence-corrected chi connectivity index (χ2v) is 12.3. The summed E-state index contributed by atoms with van der Waals surface area (Å²) in [6.45, 7) is 13.2. The number of aryl methyl sites for hydroxylation is 1. The first-order valence-corrected chi connectivity index (χ1v) is 12.2. The lowest BCUT2D eigenvalue weighted by molar-refractivity contribution is -0.118. The fourth-order valence-corrected chi connectivity index (χ4v) is 5.95. The number of ketones is 1. The zero-order valence-corrected chi connectivity index (χ0v) is 21.4. The van der Waals surface area contributed by atoms with Gasteiger partial charge in [-0.25, -0.2) is 0 Å². The van der Waals surface area contributed by atoms with Crippen molar-refractivity contribution in [1.29, 1.82) is 0 Å². The van der Waals surface area contributed by atoms with Crippen LogP contribution in [0.1, 0.15) is 66.4 Å². The molecule has 3 heterocycles. The molecule has 1 aliphatic carbocycles. The van der Waals surface area contributed by atoms with E-state index in [1.165, 1.54) is 0 Å². The highest BCUT2D eigenvalue weighted by atomic mass is 16.1. The molecule has 0 bridgehead atoms. The molecule has 0 fully saturated rings. The van der Waals surface area contributed by atoms with Crippen LogP contribution in [0.5, 0.6) is 0 Å². The molecule has 5 rings (SSSR count). The first-order chi connectivity index (χ1) is 15.9. The first kappa shape index (κ1) is 22.8. The minimum Gasteiger partial charge on any atom is -0.342 e. The van der Waals surface area contributed by atoms with E-state index in [1.54, 1.807) is 0 Å². The van der Waals surface area contributed by atoms with Gasteiger partial charge in [0.15, 0.2) is 11.6 Å². The number of Topliss-reactive ketones (excluding diaryl/α,β-unsaturated/α-hetero) is 1. The normalized spacial score (nSPS) is 26.0. The van der Waals surface area contributed by atoms with Crippen molar-refractivity contribution in [3.63, 3.8) is 0 Å². The maximum Gasteiger partial charge on any atom is 0.162 e. The number of aromatic nitrogens is 2. The molecule has 0 spiro atoms. The number of azo groups is 1. The summed E-state index contributed by atoms with van der Waals surface area (Å²) < 4.78 is 1.82. The number of carbonyl (C=O) groups is 1. The molecule has 178 valence electrons. The van der Waals surface area contributed by atoms with Gasteiger partial charge in [-0.15, -0.1) is 5.11 Å². The molecule has 0 saturated heterocycles. The van der Waals surface area contributed by atoms with Gasteiger partial charge < -0.3 is 5.32 Å². The highest BCUT2D eigenvalue weighted by molar-refractivity contribution is 6.01. The van der Waals surface area contributed by atoms with Crippen molar-refractivity contribution in [1.82, 2.24) is 15.1 Å². The van der Waals surface area contributed by atoms with Gasteiger partial charge in [-0.2, -0.15) is 10.2 Å². The Balaban J connectivity index is 1.71. The summed E-state index contributed by atoms with van der Waals surface area (Å²) in [4.78, 5) is 13.8. The maximum absolute atomic E-state index is 13.8. The molecular weight excluding hydrogens is 422 g/mol. The van der Waals surface area contributed by atoms with E-state index in [2.05, 4.69) is 81.3 Å². The molecule has 3 aliphatic rings. The Morgan fingerprint density at radius 2 is 1.91 bits per heavy atom. The molecule has 1 N–H and O–H groups in total. The summed E-state index contributed by atoms with van der Waals surface area (Å²) in [6, 6.07) is 8.50. The standard InChI is InChI=1S/C28H35N5O/c1-26(2,3)12-21-24-25(32-31-21)30-20-13-27(4,5)14-22(34)23(20)28(24,6)19-10-8-9-17(11-19)18-15-29-33(7)16-18/h8-11,15-16,21,30H,12-14H2,1-7H3/t21?,28-/m0/s1. The number of benzene rings is 1. The topological polar surface area (TPSA) is 71.6 Å². The number of allylic oxidation sites excluding steroid dienone is 2. The fraction of sp³-hybridized carbons (Fsp3) is 0.500. The summed E-state index contributed by atoms with van der Waals surface area (Å²) in [6.07, 6.45) is 6.15. The van der Waals surface area contributed by atoms with Crippen LogP contribution in [-0.2, 0) is 17.3 Å². The maximum atomic E-state index is 13.8. The lowest BCUT2D eigenvalue weighted by Gasteiger charge is -2.45. The molecule has 6 nitrogen and oxygen atoms in total. The Morgan fingerprint density at radius 3 is 2.59 bits per heavy atom. The quantitative estimate of drug-likeness (QED) is 0.608. The van der Waals surface area contributed by atoms with Gasteiger partial charge in [0.25, 0.3) is 0 Å². The molecule has 34 heavy (non-hydrogen) atoms. The van der Waals surface area contributed by atoms with Crippen molar-refractivity contribution in [2.75, 3.05) is 0 Å². The number of dihydropyridines is 1. The lowest BCUT2D eigenvalue weighted by atomic mass is 9.59. The minimum absolute atomic E-state index is 0.0636. The highest BCUT2D eigenvalue weighted by Gasteiger charge is 2.52. The molecule has 1 aromatic carbocycles. The molecule has 0 amide bonds. The average molecular weight is 458 g/mol. The molecule has 2 atom stereocenters. The van der Waals surface area contributed by atoms with Crippen molar-refractivity contribution < 1.29 is 4.79 Å². The van der Waals surface area contributed by atoms with E-state index in [0.717, 1.165) is 52.2 Å². The van der Waals surface area contributed by atoms with Crippen molar-refractivity contribution in [2.24, 2.45) is 28.1 Å². The zero-order chi connectivity index (χ0) is 24.5. The Bertz CT molecular complexity index is 1270. The number of carbonyl (C=O) groups excluding carboxylic acids is 1. The van der Waals surface area contributed by atoms with Crippen LogP contribution in [0.4, 0.5) is 0 Å². The molecule has 2 aliphatic heterocycles. The second kappa shape index (κ2) is 7.49. The van der Waals surface area contributed by atoms with Crippen molar-refractivity contribution in [2.45, 2.75) is 72.3 Å². The third-order valence-corrected chi connectivity index (χ3v) is 7.35. The predicted molar refractivity (Wildman–Crippen MR) is 134 cm³/mol. The summed E-state index contributed by atoms with van der Waals surface area (Å²) in [5.41, 5.74) is 5.68. The Kier molecular flexibility index (Phi) is 5.01. The van der Waals surface area contributed by atoms with Crippen molar-refractivity contribution >= 4 is 5.78 Å². The van der Waals surface area contributed by atoms with E-state index in [1.807, 2.05) is 24.1 Å². The first-order valence-electron chi connectivity index (χ1n) is 12.2. The largest absolute Gasteiger partial charge is 0.342 e. The van der Waals surface area contributed by atoms with Gasteiger partial charge in [-0.05, 0) is 47.8 Å². The summed E-state index contributed by atoms with van der Waals surface area (Å²) >= 11 is 0. The van der Waals surface area contributed by atoms with E-state index in [4.69, 9.17) is 5.11 Å². The molecule has 0 radical (unpaired) electrons. The molecule has 1 unspecified atom stereocenters. The fourth-order valence-electron chi connectivity index (χ4n) is 5.95. The molecule has 6 heteroatoms. The van der Waals surface area contributed by atoms with Gasteiger partial charge in [-0.3, -0.25) is 9.48 Å². The minimum atomic E-state index is -0.596. The number of nitrogens with one attached hydrogen (secondary N) is 1. The van der Waals surface area contributed by atoms with Crippen LogP contribution < -0.4 is 5.32 Å². The third kappa shape index (κ3) is 3.73. The average Bonchev–Trinajstić information content (AvgIpc) is 3.32. The number of hydrogen-bond donors (Lipinski definition) is 1. The van der Waals surface area contributed by atoms with Gasteiger partial charge >= 0.3 is 0 Å². The van der Waals surface area contributed by atoms with E-state index in [-0.39, 0.29) is 22.7 Å². The van der Waals surface area contributed by atoms with Crippen LogP contribution in [-0.4, -0.2) is 21.6 Å². The third-order valence-electron chi connectivity index (χ3n) is 7.35. The summed E-state index contributed by atoms with van der Waals surface area (Å²) in [5, 5.41) is 17.3. The van der Waals surface area contributed by atoms with Crippen molar-refractivity contribution in [3.8, 4) is 11.1 Å². The van der Waals surface area contributed by atoms with E-state index >= 15 is 0 Å². The number of hydrogen-bond acceptors (Lipinski definition) is 5. The SMILES string of the molecule is Cn1cc(-c2cccc([C@@]3(C)C4=C(CC(C)(C)CC4=O)NC4=C3C(CC(C)(C)C)N=N4)c2)cn1. The van der Waals surface area contributed by atoms with Gasteiger partial charge in [0.2, 0.25) is 0 Å². The van der Waals surface area contributed by atoms with Gasteiger partial charge in [0, 0.05) is 47.5 Å². The second-order valence-electron chi connectivity index (χ2n) is 12.3. The van der Waals surface area contributed by atoms with Gasteiger partial charge in [0.1, 0.15) is 0 Å². The number of nitrogens with zero attached hydrogens (tertiary/aromatic N) is 4. The van der Waals surface area contributed by atoms with E-state index < -0.39 is 5.41 Å². The van der Waals surface area contributed by atoms with Crippen LogP contribution in [0.3, 0.4) is 0 Å². The van der Waals surface area contributed by atoms with Crippen LogP contribution in [0.25, 0.3) is 11.1 Å². The summed E-state index contributed by atoms with van der Waals surface area (Å²) in [5.74, 6) is 1.05. The van der Waals surface area contributed by atoms with E-state index in [9.17, 15) is 4.79 Å². The van der Waals surface area contributed by atoms with Crippen molar-refractivity contribution in [3.05, 3.63) is 64.9 Å². The van der Waals surface area contributed by atoms with Gasteiger partial charge in [-0.1, -0.05) is 52.8 Å². The van der Waals surface area contributed by atoms with Gasteiger partial charge in [0.05, 0.1) is 12.2 Å². The monoisotopic (exact) mass is 457 g/mol. The number of rotatable bonds is 3. The van der Waals surface area contributed by atoms with Crippen LogP contribution in [0, 0.1) is 10.8 Å². The molecule has 0 saturated carbocycles. The van der Waals surface area contributed by atoms with Crippen LogP contribution >= 0.6 is 0 Å².